The van der Waals surface area contributed by atoms with Crippen molar-refractivity contribution in [3.8, 4) is 11.4 Å². The maximum atomic E-state index is 13.6. The van der Waals surface area contributed by atoms with Gasteiger partial charge in [-0.1, -0.05) is 73.2 Å². The van der Waals surface area contributed by atoms with Crippen molar-refractivity contribution in [2.45, 2.75) is 63.2 Å². The Labute approximate surface area is 288 Å². The fourth-order valence-electron chi connectivity index (χ4n) is 5.66. The standard InChI is InChI=1S/C36H38N8O4S/c1-5-28(48-29-18-17-23(3)21-24(29)4)33(45)37-20-19-30-38-39-32-31(35(46)47-6-2)27(22-25-13-9-7-10-14-25)34(43(30)32)49-36-40-41-42-44(36)26-15-11-8-12-16-26/h7-18,21,28,39H,5-6,19-20,22H2,1-4H3,(H,37,45). The molecule has 1 unspecified atom stereocenters. The molecule has 49 heavy (non-hydrogen) atoms. The topological polar surface area (TPSA) is 141 Å². The van der Waals surface area contributed by atoms with Crippen LogP contribution in [0.1, 0.15) is 58.7 Å². The van der Waals surface area contributed by atoms with E-state index in [0.29, 0.717) is 58.8 Å². The van der Waals surface area contributed by atoms with Gasteiger partial charge in [-0.05, 0) is 78.7 Å². The van der Waals surface area contributed by atoms with Gasteiger partial charge in [0, 0.05) is 24.9 Å². The van der Waals surface area contributed by atoms with E-state index in [1.807, 2.05) is 104 Å². The number of esters is 1. The normalized spacial score (nSPS) is 11.8. The second kappa shape index (κ2) is 15.2. The summed E-state index contributed by atoms with van der Waals surface area (Å²) in [6.07, 6.45) is 0.670. The summed E-state index contributed by atoms with van der Waals surface area (Å²) in [6, 6.07) is 25.4. The largest absolute Gasteiger partial charge is 0.480 e. The number of nitrogens with one attached hydrogen (secondary N) is 2. The molecule has 0 aliphatic carbocycles. The number of rotatable bonds is 14. The zero-order chi connectivity index (χ0) is 34.3. The smallest absolute Gasteiger partial charge is 0.342 e. The van der Waals surface area contributed by atoms with Crippen LogP contribution < -0.4 is 10.1 Å². The molecule has 6 rings (SSSR count). The molecular formula is C36H38N8O4S. The van der Waals surface area contributed by atoms with Crippen LogP contribution in [0.15, 0.2) is 89.0 Å². The van der Waals surface area contributed by atoms with Gasteiger partial charge in [0.25, 0.3) is 5.91 Å². The van der Waals surface area contributed by atoms with Crippen molar-refractivity contribution in [2.75, 3.05) is 13.2 Å². The summed E-state index contributed by atoms with van der Waals surface area (Å²) in [5, 5.41) is 24.5. The zero-order valence-corrected chi connectivity index (χ0v) is 28.7. The van der Waals surface area contributed by atoms with Crippen LogP contribution in [0.25, 0.3) is 11.3 Å². The molecular weight excluding hydrogens is 641 g/mol. The number of aryl methyl sites for hydroxylation is 2. The number of aromatic amines is 1. The van der Waals surface area contributed by atoms with E-state index in [1.165, 1.54) is 11.8 Å². The number of aromatic nitrogens is 7. The van der Waals surface area contributed by atoms with Crippen molar-refractivity contribution in [3.05, 3.63) is 113 Å². The van der Waals surface area contributed by atoms with Crippen molar-refractivity contribution < 1.29 is 19.1 Å². The molecule has 3 aromatic carbocycles. The van der Waals surface area contributed by atoms with E-state index in [-0.39, 0.29) is 12.5 Å². The van der Waals surface area contributed by atoms with Gasteiger partial charge >= 0.3 is 5.97 Å². The van der Waals surface area contributed by atoms with Crippen LogP contribution in [0, 0.1) is 13.8 Å². The number of benzene rings is 3. The Balaban J connectivity index is 1.34. The molecule has 13 heteroatoms. The van der Waals surface area contributed by atoms with Gasteiger partial charge in [-0.2, -0.15) is 9.78 Å². The fraction of sp³-hybridized carbons (Fsp3) is 0.278. The van der Waals surface area contributed by atoms with Gasteiger partial charge in [0.2, 0.25) is 5.16 Å². The minimum absolute atomic E-state index is 0.213. The van der Waals surface area contributed by atoms with E-state index in [0.717, 1.165) is 27.9 Å². The summed E-state index contributed by atoms with van der Waals surface area (Å²) in [5.74, 6) is 0.629. The number of ether oxygens (including phenoxy) is 2. The molecule has 0 radical (unpaired) electrons. The predicted molar refractivity (Wildman–Crippen MR) is 185 cm³/mol. The third-order valence-electron chi connectivity index (χ3n) is 8.02. The first kappa shape index (κ1) is 33.5. The minimum Gasteiger partial charge on any atom is -0.480 e. The van der Waals surface area contributed by atoms with Gasteiger partial charge in [-0.25, -0.2) is 4.79 Å². The summed E-state index contributed by atoms with van der Waals surface area (Å²) < 4.78 is 15.2. The molecule has 0 fully saturated rings. The molecule has 0 aliphatic heterocycles. The molecule has 0 spiro atoms. The fourth-order valence-corrected chi connectivity index (χ4v) is 6.72. The number of para-hydroxylation sites is 1. The maximum absolute atomic E-state index is 13.6. The van der Waals surface area contributed by atoms with Crippen LogP contribution in [0.5, 0.6) is 5.75 Å². The van der Waals surface area contributed by atoms with Crippen molar-refractivity contribution in [1.29, 1.82) is 0 Å². The number of hydrogen-bond acceptors (Lipinski definition) is 9. The first-order valence-corrected chi connectivity index (χ1v) is 17.0. The summed E-state index contributed by atoms with van der Waals surface area (Å²) >= 11 is 1.33. The molecule has 6 aromatic rings. The van der Waals surface area contributed by atoms with Crippen LogP contribution >= 0.6 is 11.8 Å². The SMILES string of the molecule is CCOC(=O)c1c(Cc2ccccc2)c(Sc2nnnn2-c2ccccc2)n2c(CCNC(=O)C(CC)Oc3ccc(C)cc3C)n[nH]c12. The average molecular weight is 679 g/mol. The lowest BCUT2D eigenvalue weighted by molar-refractivity contribution is -0.128. The first-order valence-electron chi connectivity index (χ1n) is 16.2. The predicted octanol–water partition coefficient (Wildman–Crippen LogP) is 5.69. The van der Waals surface area contributed by atoms with Crippen molar-refractivity contribution in [1.82, 2.24) is 40.1 Å². The zero-order valence-electron chi connectivity index (χ0n) is 27.8. The average Bonchev–Trinajstić information content (AvgIpc) is 3.81. The highest BCUT2D eigenvalue weighted by Crippen LogP contribution is 2.37. The van der Waals surface area contributed by atoms with E-state index in [9.17, 15) is 9.59 Å². The number of carbonyl (C=O) groups excluding carboxylic acids is 2. The molecule has 0 saturated carbocycles. The summed E-state index contributed by atoms with van der Waals surface area (Å²) in [7, 11) is 0. The van der Waals surface area contributed by atoms with Crippen LogP contribution in [0.4, 0.5) is 0 Å². The van der Waals surface area contributed by atoms with Crippen molar-refractivity contribution >= 4 is 29.3 Å². The molecule has 0 saturated heterocycles. The quantitative estimate of drug-likeness (QED) is 0.139. The van der Waals surface area contributed by atoms with Gasteiger partial charge in [0.15, 0.2) is 6.10 Å². The lowest BCUT2D eigenvalue weighted by atomic mass is 10.0. The van der Waals surface area contributed by atoms with Gasteiger partial charge in [-0.3, -0.25) is 14.3 Å². The van der Waals surface area contributed by atoms with Crippen LogP contribution in [0.2, 0.25) is 0 Å². The number of H-pyrrole nitrogens is 1. The molecule has 3 aromatic heterocycles. The highest BCUT2D eigenvalue weighted by molar-refractivity contribution is 7.99. The van der Waals surface area contributed by atoms with E-state index < -0.39 is 12.1 Å². The minimum atomic E-state index is -0.650. The molecule has 0 bridgehead atoms. The van der Waals surface area contributed by atoms with Gasteiger partial charge in [-0.15, -0.1) is 5.10 Å². The third-order valence-corrected chi connectivity index (χ3v) is 9.08. The van der Waals surface area contributed by atoms with Gasteiger partial charge in [0.05, 0.1) is 17.3 Å². The lowest BCUT2D eigenvalue weighted by Gasteiger charge is -2.18. The Morgan fingerprint density at radius 2 is 1.76 bits per heavy atom. The van der Waals surface area contributed by atoms with E-state index >= 15 is 0 Å². The van der Waals surface area contributed by atoms with Gasteiger partial charge < -0.3 is 14.8 Å². The number of hydrogen-bond donors (Lipinski definition) is 2. The molecule has 1 amide bonds. The highest BCUT2D eigenvalue weighted by Gasteiger charge is 2.30. The Kier molecular flexibility index (Phi) is 10.4. The molecule has 0 aliphatic rings. The Morgan fingerprint density at radius 1 is 1.00 bits per heavy atom. The highest BCUT2D eigenvalue weighted by atomic mass is 32.2. The molecule has 2 N–H and O–H groups in total. The monoisotopic (exact) mass is 678 g/mol. The lowest BCUT2D eigenvalue weighted by Crippen LogP contribution is -2.39. The number of amides is 1. The Morgan fingerprint density at radius 3 is 2.47 bits per heavy atom. The Hall–Kier alpha value is -5.43. The number of nitrogens with zero attached hydrogens (tertiary/aromatic N) is 6. The molecule has 3 heterocycles. The van der Waals surface area contributed by atoms with Crippen LogP contribution in [-0.2, 0) is 22.4 Å². The van der Waals surface area contributed by atoms with Crippen molar-refractivity contribution in [2.24, 2.45) is 0 Å². The molecule has 1 atom stereocenters. The van der Waals surface area contributed by atoms with Gasteiger partial charge in [0.1, 0.15) is 22.8 Å². The summed E-state index contributed by atoms with van der Waals surface area (Å²) in [6.45, 7) is 8.19. The van der Waals surface area contributed by atoms with Crippen LogP contribution in [0.3, 0.4) is 0 Å². The van der Waals surface area contributed by atoms with E-state index in [1.54, 1.807) is 11.6 Å². The number of carbonyl (C=O) groups is 2. The molecule has 12 nitrogen and oxygen atoms in total. The van der Waals surface area contributed by atoms with Crippen molar-refractivity contribution in [3.63, 3.8) is 0 Å². The first-order chi connectivity index (χ1) is 23.9. The summed E-state index contributed by atoms with van der Waals surface area (Å²) in [5.41, 5.74) is 5.56. The van der Waals surface area contributed by atoms with E-state index in [2.05, 4.69) is 31.0 Å². The third kappa shape index (κ3) is 7.36. The Bertz CT molecular complexity index is 2060. The van der Waals surface area contributed by atoms with E-state index in [4.69, 9.17) is 9.47 Å². The number of tetrazole rings is 1. The van der Waals surface area contributed by atoms with Crippen LogP contribution in [-0.4, -0.2) is 65.9 Å². The molecule has 252 valence electrons. The summed E-state index contributed by atoms with van der Waals surface area (Å²) in [4.78, 5) is 26.8. The maximum Gasteiger partial charge on any atom is 0.342 e. The second-order valence-corrected chi connectivity index (χ2v) is 12.5. The second-order valence-electron chi connectivity index (χ2n) is 11.5. The number of fused-ring (bicyclic) bond motifs is 1.